The van der Waals surface area contributed by atoms with Gasteiger partial charge >= 0.3 is 6.18 Å². The number of alkyl halides is 3. The fraction of sp³-hybridized carbons (Fsp3) is 0.400. The molecule has 0 saturated heterocycles. The molecule has 0 saturated carbocycles. The number of aryl methyl sites for hydroxylation is 1. The molecule has 0 aliphatic carbocycles. The Labute approximate surface area is 116 Å². The zero-order valence-electron chi connectivity index (χ0n) is 9.58. The Morgan fingerprint density at radius 1 is 1.61 bits per heavy atom. The van der Waals surface area contributed by atoms with E-state index in [2.05, 4.69) is 32.7 Å². The Morgan fingerprint density at radius 3 is 2.72 bits per heavy atom. The number of halogens is 4. The molecule has 0 radical (unpaired) electrons. The third-order valence-electron chi connectivity index (χ3n) is 1.99. The van der Waals surface area contributed by atoms with Gasteiger partial charge < -0.3 is 5.73 Å². The number of hydrogen-bond donors (Lipinski definition) is 1. The van der Waals surface area contributed by atoms with Crippen LogP contribution < -0.4 is 5.73 Å². The zero-order chi connectivity index (χ0) is 13.8. The summed E-state index contributed by atoms with van der Waals surface area (Å²) in [6.07, 6.45) is 0.311. The van der Waals surface area contributed by atoms with Crippen molar-refractivity contribution in [1.82, 2.24) is 9.78 Å². The van der Waals surface area contributed by atoms with Gasteiger partial charge in [0.05, 0.1) is 0 Å². The van der Waals surface area contributed by atoms with E-state index in [0.717, 1.165) is 15.5 Å². The fourth-order valence-corrected chi connectivity index (χ4v) is 1.93. The predicted octanol–water partition coefficient (Wildman–Crippen LogP) is 2.04. The topological polar surface area (TPSA) is 56.2 Å². The molecule has 2 N–H and O–H groups in total. The molecule has 18 heavy (non-hydrogen) atoms. The minimum absolute atomic E-state index is 0.407. The maximum absolute atomic E-state index is 11.9. The highest BCUT2D eigenvalue weighted by atomic mass is 127. The van der Waals surface area contributed by atoms with Crippen LogP contribution >= 0.6 is 22.6 Å². The molecule has 0 bridgehead atoms. The number of allylic oxidation sites excluding steroid dienone is 1. The summed E-state index contributed by atoms with van der Waals surface area (Å²) in [6, 6.07) is 0. The molecule has 8 heteroatoms. The average molecular weight is 372 g/mol. The van der Waals surface area contributed by atoms with Gasteiger partial charge in [-0.3, -0.25) is 9.67 Å². The van der Waals surface area contributed by atoms with E-state index in [1.807, 2.05) is 0 Å². The van der Waals surface area contributed by atoms with E-state index in [9.17, 15) is 13.2 Å². The van der Waals surface area contributed by atoms with Gasteiger partial charge in [-0.05, 0) is 34.4 Å². The molecule has 1 rings (SSSR count). The van der Waals surface area contributed by atoms with Crippen LogP contribution in [-0.4, -0.2) is 28.7 Å². The number of nitrogens with zero attached hydrogens (tertiary/aromatic N) is 3. The molecule has 1 heterocycles. The van der Waals surface area contributed by atoms with Crippen LogP contribution in [0.1, 0.15) is 5.56 Å². The first-order chi connectivity index (χ1) is 8.31. The average Bonchev–Trinajstić information content (AvgIpc) is 2.54. The van der Waals surface area contributed by atoms with Crippen LogP contribution in [0.2, 0.25) is 0 Å². The molecular formula is C10H12F3IN4. The van der Waals surface area contributed by atoms with Crippen LogP contribution in [0.3, 0.4) is 0 Å². The van der Waals surface area contributed by atoms with Crippen LogP contribution in [0.5, 0.6) is 0 Å². The van der Waals surface area contributed by atoms with Gasteiger partial charge in [0, 0.05) is 31.4 Å². The molecule has 0 aliphatic rings. The van der Waals surface area contributed by atoms with Crippen molar-refractivity contribution in [2.24, 2.45) is 17.8 Å². The van der Waals surface area contributed by atoms with Crippen LogP contribution in [-0.2, 0) is 13.5 Å². The normalized spacial score (nSPS) is 13.5. The van der Waals surface area contributed by atoms with Crippen LogP contribution in [0, 0.1) is 3.70 Å². The molecule has 0 aliphatic heterocycles. The van der Waals surface area contributed by atoms with E-state index < -0.39 is 12.7 Å². The Bertz CT molecular complexity index is 462. The molecule has 1 aromatic heterocycles. The summed E-state index contributed by atoms with van der Waals surface area (Å²) < 4.78 is 38.2. The van der Waals surface area contributed by atoms with Crippen molar-refractivity contribution < 1.29 is 13.2 Å². The lowest BCUT2D eigenvalue weighted by atomic mass is 10.1. The molecule has 0 amide bonds. The van der Waals surface area contributed by atoms with Gasteiger partial charge in [-0.1, -0.05) is 0 Å². The first-order valence-corrected chi connectivity index (χ1v) is 6.05. The number of nitrogens with two attached hydrogens (primary N) is 1. The van der Waals surface area contributed by atoms with Gasteiger partial charge in [0.15, 0.2) is 0 Å². The highest BCUT2D eigenvalue weighted by Crippen LogP contribution is 2.15. The van der Waals surface area contributed by atoms with E-state index in [0.29, 0.717) is 12.0 Å². The van der Waals surface area contributed by atoms with Crippen molar-refractivity contribution in [1.29, 1.82) is 0 Å². The van der Waals surface area contributed by atoms with E-state index >= 15 is 0 Å². The quantitative estimate of drug-likeness (QED) is 0.650. The molecule has 0 unspecified atom stereocenters. The number of hydrogen-bond acceptors (Lipinski definition) is 3. The Morgan fingerprint density at radius 2 is 2.28 bits per heavy atom. The van der Waals surface area contributed by atoms with Crippen molar-refractivity contribution in [2.45, 2.75) is 12.6 Å². The minimum Gasteiger partial charge on any atom is -0.404 e. The number of rotatable bonds is 4. The summed E-state index contributed by atoms with van der Waals surface area (Å²) in [5.74, 6) is 0. The third-order valence-corrected chi connectivity index (χ3v) is 2.90. The summed E-state index contributed by atoms with van der Waals surface area (Å²) in [6.45, 7) is -1.20. The second-order valence-electron chi connectivity index (χ2n) is 3.62. The summed E-state index contributed by atoms with van der Waals surface area (Å²) in [7, 11) is 1.77. The summed E-state index contributed by atoms with van der Waals surface area (Å²) in [5, 5.41) is 4.13. The molecule has 100 valence electrons. The Kier molecular flexibility index (Phi) is 5.17. The smallest absolute Gasteiger partial charge is 0.404 e. The van der Waals surface area contributed by atoms with Gasteiger partial charge in [-0.15, -0.1) is 0 Å². The lowest BCUT2D eigenvalue weighted by molar-refractivity contribution is -0.118. The minimum atomic E-state index is -4.29. The van der Waals surface area contributed by atoms with E-state index in [-0.39, 0.29) is 0 Å². The monoisotopic (exact) mass is 372 g/mol. The van der Waals surface area contributed by atoms with Gasteiger partial charge in [-0.2, -0.15) is 18.3 Å². The van der Waals surface area contributed by atoms with Crippen LogP contribution in [0.25, 0.3) is 0 Å². The highest BCUT2D eigenvalue weighted by molar-refractivity contribution is 14.1. The van der Waals surface area contributed by atoms with E-state index in [4.69, 9.17) is 5.73 Å². The van der Waals surface area contributed by atoms with Crippen molar-refractivity contribution >= 4 is 28.8 Å². The molecule has 0 aromatic carbocycles. The zero-order valence-corrected chi connectivity index (χ0v) is 11.7. The van der Waals surface area contributed by atoms with Crippen LogP contribution in [0.4, 0.5) is 13.2 Å². The van der Waals surface area contributed by atoms with Gasteiger partial charge in [0.25, 0.3) is 0 Å². The molecule has 0 spiro atoms. The molecule has 4 nitrogen and oxygen atoms in total. The predicted molar refractivity (Wildman–Crippen MR) is 71.3 cm³/mol. The lowest BCUT2D eigenvalue weighted by Gasteiger charge is -2.02. The summed E-state index contributed by atoms with van der Waals surface area (Å²) in [5.41, 5.74) is 6.78. The molecular weight excluding hydrogens is 360 g/mol. The lowest BCUT2D eigenvalue weighted by Crippen LogP contribution is -2.12. The van der Waals surface area contributed by atoms with E-state index in [1.165, 1.54) is 6.20 Å². The maximum atomic E-state index is 11.9. The molecule has 0 fully saturated rings. The fourth-order valence-electron chi connectivity index (χ4n) is 1.26. The number of aromatic nitrogens is 2. The van der Waals surface area contributed by atoms with Crippen molar-refractivity contribution in [3.05, 3.63) is 27.2 Å². The van der Waals surface area contributed by atoms with E-state index in [1.54, 1.807) is 17.9 Å². The number of aliphatic imine (C=N–C) groups is 1. The molecule has 0 atom stereocenters. The second kappa shape index (κ2) is 6.21. The largest absolute Gasteiger partial charge is 0.407 e. The summed E-state index contributed by atoms with van der Waals surface area (Å²) in [4.78, 5) is 3.32. The SMILES string of the molecule is Cn1cc(CC(C=NCC(F)(F)F)=CN)c(I)n1. The Hall–Kier alpha value is -1.06. The summed E-state index contributed by atoms with van der Waals surface area (Å²) >= 11 is 2.06. The first-order valence-electron chi connectivity index (χ1n) is 4.97. The van der Waals surface area contributed by atoms with Crippen LogP contribution in [0.15, 0.2) is 23.0 Å². The van der Waals surface area contributed by atoms with Crippen molar-refractivity contribution in [3.8, 4) is 0 Å². The van der Waals surface area contributed by atoms with Gasteiger partial charge in [-0.25, -0.2) is 0 Å². The van der Waals surface area contributed by atoms with Gasteiger partial charge in [0.2, 0.25) is 0 Å². The third kappa shape index (κ3) is 5.07. The first kappa shape index (κ1) is 15.0. The van der Waals surface area contributed by atoms with Crippen molar-refractivity contribution in [2.75, 3.05) is 6.54 Å². The van der Waals surface area contributed by atoms with Crippen molar-refractivity contribution in [3.63, 3.8) is 0 Å². The maximum Gasteiger partial charge on any atom is 0.407 e. The molecule has 1 aromatic rings. The highest BCUT2D eigenvalue weighted by Gasteiger charge is 2.25. The Balaban J connectivity index is 2.67. The van der Waals surface area contributed by atoms with Gasteiger partial charge in [0.1, 0.15) is 10.2 Å². The standard InChI is InChI=1S/C10H12F3IN4/c1-18-5-8(9(14)17-18)2-7(3-15)4-16-6-10(11,12)13/h3-5H,2,6,15H2,1H3. The second-order valence-corrected chi connectivity index (χ2v) is 4.64.